The van der Waals surface area contributed by atoms with Gasteiger partial charge in [0.2, 0.25) is 0 Å². The lowest BCUT2D eigenvalue weighted by molar-refractivity contribution is -0.139. The molecule has 18 heavy (non-hydrogen) atoms. The largest absolute Gasteiger partial charge is 0.480 e. The van der Waals surface area contributed by atoms with Crippen molar-refractivity contribution in [2.45, 2.75) is 12.5 Å². The summed E-state index contributed by atoms with van der Waals surface area (Å²) < 4.78 is 4.66. The second kappa shape index (κ2) is 7.05. The standard InChI is InChI=1S/C12H14N2O4/c1-2-7-18-12(17)14-10(11(15)16)8-9-5-3-4-6-13-9/h2-6,10H,1,7-8H2,(H,14,17)(H,15,16)/t10-/m0/s1. The number of carboxylic acid groups (broad SMARTS) is 1. The van der Waals surface area contributed by atoms with Gasteiger partial charge in [0.05, 0.1) is 0 Å². The molecule has 1 aromatic heterocycles. The van der Waals surface area contributed by atoms with Gasteiger partial charge in [0.25, 0.3) is 0 Å². The van der Waals surface area contributed by atoms with E-state index in [0.29, 0.717) is 5.69 Å². The molecule has 0 fully saturated rings. The Hall–Kier alpha value is -2.37. The molecule has 6 nitrogen and oxygen atoms in total. The predicted octanol–water partition coefficient (Wildman–Crippen LogP) is 0.990. The molecule has 0 bridgehead atoms. The van der Waals surface area contributed by atoms with Crippen molar-refractivity contribution < 1.29 is 19.4 Å². The van der Waals surface area contributed by atoms with Gasteiger partial charge in [-0.15, -0.1) is 0 Å². The molecule has 1 amide bonds. The predicted molar refractivity (Wildman–Crippen MR) is 64.0 cm³/mol. The van der Waals surface area contributed by atoms with Crippen LogP contribution < -0.4 is 5.32 Å². The number of ether oxygens (including phenoxy) is 1. The van der Waals surface area contributed by atoms with Crippen LogP contribution in [0, 0.1) is 0 Å². The van der Waals surface area contributed by atoms with Gasteiger partial charge in [-0.3, -0.25) is 4.98 Å². The lowest BCUT2D eigenvalue weighted by atomic mass is 10.1. The maximum Gasteiger partial charge on any atom is 0.408 e. The van der Waals surface area contributed by atoms with E-state index in [1.807, 2.05) is 0 Å². The third kappa shape index (κ3) is 4.65. The van der Waals surface area contributed by atoms with Crippen molar-refractivity contribution in [3.8, 4) is 0 Å². The fourth-order valence-electron chi connectivity index (χ4n) is 1.25. The van der Waals surface area contributed by atoms with Crippen molar-refractivity contribution in [2.24, 2.45) is 0 Å². The van der Waals surface area contributed by atoms with Crippen molar-refractivity contribution in [3.63, 3.8) is 0 Å². The van der Waals surface area contributed by atoms with Gasteiger partial charge >= 0.3 is 12.1 Å². The number of rotatable bonds is 6. The number of nitrogens with zero attached hydrogens (tertiary/aromatic N) is 1. The van der Waals surface area contributed by atoms with Gasteiger partial charge in [0.1, 0.15) is 12.6 Å². The topological polar surface area (TPSA) is 88.5 Å². The fraction of sp³-hybridized carbons (Fsp3) is 0.250. The van der Waals surface area contributed by atoms with Crippen LogP contribution in [0.4, 0.5) is 4.79 Å². The van der Waals surface area contributed by atoms with Gasteiger partial charge in [0, 0.05) is 18.3 Å². The molecule has 1 heterocycles. The summed E-state index contributed by atoms with van der Waals surface area (Å²) in [5, 5.41) is 11.2. The summed E-state index contributed by atoms with van der Waals surface area (Å²) in [6, 6.07) is 4.09. The molecule has 2 N–H and O–H groups in total. The van der Waals surface area contributed by atoms with Crippen molar-refractivity contribution in [1.29, 1.82) is 0 Å². The van der Waals surface area contributed by atoms with E-state index in [1.165, 1.54) is 6.08 Å². The number of nitrogens with one attached hydrogen (secondary N) is 1. The number of aromatic nitrogens is 1. The maximum atomic E-state index is 11.2. The highest BCUT2D eigenvalue weighted by atomic mass is 16.5. The molecule has 0 aliphatic rings. The van der Waals surface area contributed by atoms with Gasteiger partial charge in [-0.25, -0.2) is 9.59 Å². The summed E-state index contributed by atoms with van der Waals surface area (Å²) in [7, 11) is 0. The van der Waals surface area contributed by atoms with Gasteiger partial charge in [-0.1, -0.05) is 18.7 Å². The third-order valence-corrected chi connectivity index (χ3v) is 2.06. The number of hydrogen-bond donors (Lipinski definition) is 2. The van der Waals surface area contributed by atoms with E-state index in [2.05, 4.69) is 21.6 Å². The Labute approximate surface area is 104 Å². The van der Waals surface area contributed by atoms with Crippen LogP contribution in [-0.2, 0) is 16.0 Å². The number of pyridine rings is 1. The average Bonchev–Trinajstić information content (AvgIpc) is 2.36. The molecule has 1 aromatic rings. The molecular formula is C12H14N2O4. The zero-order valence-corrected chi connectivity index (χ0v) is 9.70. The summed E-state index contributed by atoms with van der Waals surface area (Å²) in [6.07, 6.45) is 2.26. The number of carbonyl (C=O) groups excluding carboxylic acids is 1. The van der Waals surface area contributed by atoms with Crippen molar-refractivity contribution in [1.82, 2.24) is 10.3 Å². The third-order valence-electron chi connectivity index (χ3n) is 2.06. The van der Waals surface area contributed by atoms with Crippen LogP contribution in [0.1, 0.15) is 5.69 Å². The Balaban J connectivity index is 2.58. The first-order chi connectivity index (χ1) is 8.63. The highest BCUT2D eigenvalue weighted by Gasteiger charge is 2.21. The van der Waals surface area contributed by atoms with Crippen LogP contribution in [-0.4, -0.2) is 34.8 Å². The number of alkyl carbamates (subject to hydrolysis) is 1. The zero-order valence-electron chi connectivity index (χ0n) is 9.70. The van der Waals surface area contributed by atoms with Crippen molar-refractivity contribution in [2.75, 3.05) is 6.61 Å². The number of hydrogen-bond acceptors (Lipinski definition) is 4. The van der Waals surface area contributed by atoms with E-state index in [0.717, 1.165) is 0 Å². The zero-order chi connectivity index (χ0) is 13.4. The molecule has 0 unspecified atom stereocenters. The molecule has 0 aliphatic heterocycles. The summed E-state index contributed by atoms with van der Waals surface area (Å²) >= 11 is 0. The van der Waals surface area contributed by atoms with Crippen LogP contribution in [0.2, 0.25) is 0 Å². The Morgan fingerprint density at radius 1 is 1.56 bits per heavy atom. The minimum atomic E-state index is -1.14. The number of carboxylic acids is 1. The SMILES string of the molecule is C=CCOC(=O)N[C@@H](Cc1ccccn1)C(=O)O. The summed E-state index contributed by atoms with van der Waals surface area (Å²) in [6.45, 7) is 3.41. The molecule has 0 saturated carbocycles. The Morgan fingerprint density at radius 2 is 2.33 bits per heavy atom. The minimum absolute atomic E-state index is 0.0295. The highest BCUT2D eigenvalue weighted by Crippen LogP contribution is 2.00. The van der Waals surface area contributed by atoms with Gasteiger partial charge in [-0.2, -0.15) is 0 Å². The first kappa shape index (κ1) is 13.7. The van der Waals surface area contributed by atoms with Crippen LogP contribution in [0.5, 0.6) is 0 Å². The lowest BCUT2D eigenvalue weighted by Gasteiger charge is -2.13. The molecule has 0 saturated heterocycles. The quantitative estimate of drug-likeness (QED) is 0.735. The molecule has 96 valence electrons. The molecule has 0 spiro atoms. The van der Waals surface area contributed by atoms with Crippen LogP contribution in [0.3, 0.4) is 0 Å². The van der Waals surface area contributed by atoms with Crippen LogP contribution >= 0.6 is 0 Å². The number of carbonyl (C=O) groups is 2. The molecule has 1 atom stereocenters. The van der Waals surface area contributed by atoms with Crippen molar-refractivity contribution in [3.05, 3.63) is 42.7 Å². The average molecular weight is 250 g/mol. The van der Waals surface area contributed by atoms with Gasteiger partial charge in [0.15, 0.2) is 0 Å². The molecule has 1 rings (SSSR count). The summed E-state index contributed by atoms with van der Waals surface area (Å²) in [5.74, 6) is -1.14. The van der Waals surface area contributed by atoms with Gasteiger partial charge in [-0.05, 0) is 12.1 Å². The van der Waals surface area contributed by atoms with E-state index in [1.54, 1.807) is 24.4 Å². The lowest BCUT2D eigenvalue weighted by Crippen LogP contribution is -2.42. The van der Waals surface area contributed by atoms with Crippen LogP contribution in [0.25, 0.3) is 0 Å². The first-order valence-corrected chi connectivity index (χ1v) is 5.30. The second-order valence-corrected chi connectivity index (χ2v) is 3.45. The minimum Gasteiger partial charge on any atom is -0.480 e. The van der Waals surface area contributed by atoms with Gasteiger partial charge < -0.3 is 15.2 Å². The molecule has 0 aliphatic carbocycles. The van der Waals surface area contributed by atoms with Crippen molar-refractivity contribution >= 4 is 12.1 Å². The Morgan fingerprint density at radius 3 is 2.89 bits per heavy atom. The highest BCUT2D eigenvalue weighted by molar-refractivity contribution is 5.80. The van der Waals surface area contributed by atoms with E-state index >= 15 is 0 Å². The Bertz CT molecular complexity index is 419. The fourth-order valence-corrected chi connectivity index (χ4v) is 1.25. The number of aliphatic carboxylic acids is 1. The molecule has 6 heteroatoms. The molecular weight excluding hydrogens is 236 g/mol. The second-order valence-electron chi connectivity index (χ2n) is 3.45. The molecule has 0 radical (unpaired) electrons. The summed E-state index contributed by atoms with van der Waals surface area (Å²) in [4.78, 5) is 26.2. The Kier molecular flexibility index (Phi) is 5.37. The van der Waals surface area contributed by atoms with E-state index < -0.39 is 18.1 Å². The van der Waals surface area contributed by atoms with E-state index in [4.69, 9.17) is 5.11 Å². The normalized spacial score (nSPS) is 11.3. The van der Waals surface area contributed by atoms with E-state index in [9.17, 15) is 9.59 Å². The summed E-state index contributed by atoms with van der Waals surface area (Å²) in [5.41, 5.74) is 0.578. The molecule has 0 aromatic carbocycles. The smallest absolute Gasteiger partial charge is 0.408 e. The monoisotopic (exact) mass is 250 g/mol. The van der Waals surface area contributed by atoms with Crippen LogP contribution in [0.15, 0.2) is 37.1 Å². The van der Waals surface area contributed by atoms with E-state index in [-0.39, 0.29) is 13.0 Å². The first-order valence-electron chi connectivity index (χ1n) is 5.30. The maximum absolute atomic E-state index is 11.2. The number of amides is 1.